The molecule has 19 heavy (non-hydrogen) atoms. The maximum Gasteiger partial charge on any atom is 0.0304 e. The van der Waals surface area contributed by atoms with E-state index in [1.165, 1.54) is 38.5 Å². The van der Waals surface area contributed by atoms with E-state index in [4.69, 9.17) is 5.73 Å². The molecule has 1 saturated carbocycles. The van der Waals surface area contributed by atoms with Gasteiger partial charge < -0.3 is 16.0 Å². The first kappa shape index (κ1) is 16.9. The van der Waals surface area contributed by atoms with Crippen LogP contribution in [-0.4, -0.2) is 43.2 Å². The van der Waals surface area contributed by atoms with Gasteiger partial charge in [-0.3, -0.25) is 0 Å². The van der Waals surface area contributed by atoms with E-state index in [0.717, 1.165) is 38.6 Å². The maximum atomic E-state index is 6.06. The lowest BCUT2D eigenvalue weighted by molar-refractivity contribution is 0.179. The predicted octanol–water partition coefficient (Wildman–Crippen LogP) is 2.61. The molecule has 0 unspecified atom stereocenters. The Morgan fingerprint density at radius 1 is 1.16 bits per heavy atom. The van der Waals surface area contributed by atoms with E-state index >= 15 is 0 Å². The fraction of sp³-hybridized carbons (Fsp3) is 1.00. The Morgan fingerprint density at radius 2 is 1.79 bits per heavy atom. The van der Waals surface area contributed by atoms with Crippen molar-refractivity contribution in [2.24, 2.45) is 11.7 Å². The van der Waals surface area contributed by atoms with E-state index in [9.17, 15) is 0 Å². The molecular weight excluding hydrogens is 234 g/mol. The monoisotopic (exact) mass is 269 g/mol. The Bertz CT molecular complexity index is 218. The van der Waals surface area contributed by atoms with Crippen LogP contribution in [0.4, 0.5) is 0 Å². The van der Waals surface area contributed by atoms with Gasteiger partial charge in [0.05, 0.1) is 0 Å². The second-order valence-electron chi connectivity index (χ2n) is 6.17. The van der Waals surface area contributed by atoms with Gasteiger partial charge in [-0.2, -0.15) is 0 Å². The summed E-state index contributed by atoms with van der Waals surface area (Å²) in [5.41, 5.74) is 6.30. The minimum Gasteiger partial charge on any atom is -0.329 e. The van der Waals surface area contributed by atoms with E-state index in [2.05, 4.69) is 31.0 Å². The van der Waals surface area contributed by atoms with E-state index in [1.807, 2.05) is 0 Å². The topological polar surface area (TPSA) is 41.3 Å². The maximum absolute atomic E-state index is 6.06. The van der Waals surface area contributed by atoms with Crippen molar-refractivity contribution >= 4 is 0 Å². The number of nitrogens with one attached hydrogen (secondary N) is 1. The van der Waals surface area contributed by atoms with Crippen molar-refractivity contribution in [1.29, 1.82) is 0 Å². The Kier molecular flexibility index (Phi) is 7.96. The van der Waals surface area contributed by atoms with Crippen LogP contribution < -0.4 is 11.1 Å². The van der Waals surface area contributed by atoms with Gasteiger partial charge in [0.15, 0.2) is 0 Å². The fourth-order valence-corrected chi connectivity index (χ4v) is 3.40. The number of likely N-dealkylation sites (N-methyl/N-ethyl adjacent to an activating group) is 1. The quantitative estimate of drug-likeness (QED) is 0.676. The van der Waals surface area contributed by atoms with Gasteiger partial charge >= 0.3 is 0 Å². The highest BCUT2D eigenvalue weighted by Crippen LogP contribution is 2.33. The second kappa shape index (κ2) is 8.93. The molecule has 0 saturated heterocycles. The lowest BCUT2D eigenvalue weighted by Gasteiger charge is -2.41. The van der Waals surface area contributed by atoms with Crippen LogP contribution in [0.15, 0.2) is 0 Å². The van der Waals surface area contributed by atoms with E-state index < -0.39 is 0 Å². The minimum atomic E-state index is 0.234. The molecule has 114 valence electrons. The first-order chi connectivity index (χ1) is 9.19. The molecule has 0 aromatic heterocycles. The molecule has 0 aromatic rings. The van der Waals surface area contributed by atoms with Crippen LogP contribution in [0.25, 0.3) is 0 Å². The molecule has 3 nitrogen and oxygen atoms in total. The molecule has 1 rings (SSSR count). The Balaban J connectivity index is 2.32. The molecule has 0 atom stereocenters. The van der Waals surface area contributed by atoms with Gasteiger partial charge in [-0.15, -0.1) is 0 Å². The van der Waals surface area contributed by atoms with Crippen LogP contribution in [-0.2, 0) is 0 Å². The highest BCUT2D eigenvalue weighted by atomic mass is 15.1. The van der Waals surface area contributed by atoms with Crippen LogP contribution in [0.5, 0.6) is 0 Å². The Hall–Kier alpha value is -0.120. The summed E-state index contributed by atoms with van der Waals surface area (Å²) < 4.78 is 0. The molecule has 0 heterocycles. The summed E-state index contributed by atoms with van der Waals surface area (Å²) in [6.07, 6.45) is 8.00. The van der Waals surface area contributed by atoms with Crippen LogP contribution >= 0.6 is 0 Å². The minimum absolute atomic E-state index is 0.234. The number of rotatable bonds is 9. The molecule has 0 bridgehead atoms. The average Bonchev–Trinajstić information content (AvgIpc) is 2.46. The molecule has 1 aliphatic carbocycles. The SMILES string of the molecule is CCCC1CCC(CN)(NCCN(CC)CC)CC1. The largest absolute Gasteiger partial charge is 0.329 e. The smallest absolute Gasteiger partial charge is 0.0304 e. The van der Waals surface area contributed by atoms with Crippen molar-refractivity contribution in [2.45, 2.75) is 64.8 Å². The van der Waals surface area contributed by atoms with Gasteiger partial charge in [0.25, 0.3) is 0 Å². The first-order valence-electron chi connectivity index (χ1n) is 8.37. The molecule has 3 N–H and O–H groups in total. The van der Waals surface area contributed by atoms with Crippen molar-refractivity contribution in [3.8, 4) is 0 Å². The Morgan fingerprint density at radius 3 is 2.26 bits per heavy atom. The van der Waals surface area contributed by atoms with Gasteiger partial charge in [0.1, 0.15) is 0 Å². The fourth-order valence-electron chi connectivity index (χ4n) is 3.40. The summed E-state index contributed by atoms with van der Waals surface area (Å²) in [6.45, 7) is 12.1. The van der Waals surface area contributed by atoms with Crippen molar-refractivity contribution in [2.75, 3.05) is 32.7 Å². The van der Waals surface area contributed by atoms with Crippen LogP contribution in [0.2, 0.25) is 0 Å². The van der Waals surface area contributed by atoms with Gasteiger partial charge in [-0.1, -0.05) is 33.6 Å². The van der Waals surface area contributed by atoms with Gasteiger partial charge in [0, 0.05) is 25.2 Å². The summed E-state index contributed by atoms with van der Waals surface area (Å²) >= 11 is 0. The van der Waals surface area contributed by atoms with Crippen LogP contribution in [0, 0.1) is 5.92 Å². The van der Waals surface area contributed by atoms with E-state index in [-0.39, 0.29) is 5.54 Å². The summed E-state index contributed by atoms with van der Waals surface area (Å²) in [5.74, 6) is 0.953. The molecule has 0 amide bonds. The third-order valence-electron chi connectivity index (χ3n) is 4.97. The van der Waals surface area contributed by atoms with Gasteiger partial charge in [-0.25, -0.2) is 0 Å². The molecular formula is C16H35N3. The normalized spacial score (nSPS) is 27.9. The number of hydrogen-bond donors (Lipinski definition) is 2. The van der Waals surface area contributed by atoms with Crippen molar-refractivity contribution < 1.29 is 0 Å². The lowest BCUT2D eigenvalue weighted by Crippen LogP contribution is -2.55. The zero-order valence-corrected chi connectivity index (χ0v) is 13.4. The van der Waals surface area contributed by atoms with Gasteiger partial charge in [-0.05, 0) is 44.7 Å². The molecule has 0 aromatic carbocycles. The van der Waals surface area contributed by atoms with Crippen molar-refractivity contribution in [3.63, 3.8) is 0 Å². The summed E-state index contributed by atoms with van der Waals surface area (Å²) in [7, 11) is 0. The second-order valence-corrected chi connectivity index (χ2v) is 6.17. The Labute approximate surface area is 120 Å². The standard InChI is InChI=1S/C16H35N3/c1-4-7-15-8-10-16(14-17,11-9-15)18-12-13-19(5-2)6-3/h15,18H,4-14,17H2,1-3H3. The third-order valence-corrected chi connectivity index (χ3v) is 4.97. The summed E-state index contributed by atoms with van der Waals surface area (Å²) in [4.78, 5) is 2.47. The predicted molar refractivity (Wildman–Crippen MR) is 84.4 cm³/mol. The van der Waals surface area contributed by atoms with Gasteiger partial charge in [0.2, 0.25) is 0 Å². The van der Waals surface area contributed by atoms with Crippen LogP contribution in [0.3, 0.4) is 0 Å². The zero-order chi connectivity index (χ0) is 14.1. The zero-order valence-electron chi connectivity index (χ0n) is 13.4. The van der Waals surface area contributed by atoms with E-state index in [1.54, 1.807) is 0 Å². The number of hydrogen-bond acceptors (Lipinski definition) is 3. The highest BCUT2D eigenvalue weighted by molar-refractivity contribution is 4.93. The molecule has 1 aliphatic rings. The van der Waals surface area contributed by atoms with Crippen LogP contribution in [0.1, 0.15) is 59.3 Å². The first-order valence-corrected chi connectivity index (χ1v) is 8.37. The lowest BCUT2D eigenvalue weighted by atomic mass is 9.75. The molecule has 0 aliphatic heterocycles. The van der Waals surface area contributed by atoms with Crippen molar-refractivity contribution in [3.05, 3.63) is 0 Å². The molecule has 0 spiro atoms. The molecule has 3 heteroatoms. The molecule has 1 fully saturated rings. The average molecular weight is 269 g/mol. The summed E-state index contributed by atoms with van der Waals surface area (Å²) in [5, 5.41) is 3.78. The molecule has 0 radical (unpaired) electrons. The number of nitrogens with zero attached hydrogens (tertiary/aromatic N) is 1. The highest BCUT2D eigenvalue weighted by Gasteiger charge is 2.33. The third kappa shape index (κ3) is 5.41. The van der Waals surface area contributed by atoms with E-state index in [0.29, 0.717) is 0 Å². The number of nitrogens with two attached hydrogens (primary N) is 1. The van der Waals surface area contributed by atoms with Crippen molar-refractivity contribution in [1.82, 2.24) is 10.2 Å². The summed E-state index contributed by atoms with van der Waals surface area (Å²) in [6, 6.07) is 0.